The summed E-state index contributed by atoms with van der Waals surface area (Å²) >= 11 is 0. The molecule has 4 rings (SSSR count). The maximum atomic E-state index is 13.7. The molecule has 1 N–H and O–H groups in total. The first-order valence-electron chi connectivity index (χ1n) is 13.2. The molecule has 0 radical (unpaired) electrons. The van der Waals surface area contributed by atoms with Gasteiger partial charge < -0.3 is 14.6 Å². The van der Waals surface area contributed by atoms with Gasteiger partial charge in [-0.1, -0.05) is 70.5 Å². The smallest absolute Gasteiger partial charge is 0.300 e. The van der Waals surface area contributed by atoms with E-state index in [1.165, 1.54) is 12.0 Å². The summed E-state index contributed by atoms with van der Waals surface area (Å²) in [5.74, 6) is -0.365. The second-order valence-corrected chi connectivity index (χ2v) is 11.4. The molecular formula is C33H37NO5. The van der Waals surface area contributed by atoms with E-state index in [-0.39, 0.29) is 16.7 Å². The van der Waals surface area contributed by atoms with Gasteiger partial charge in [-0.3, -0.25) is 14.5 Å². The molecule has 204 valence electrons. The summed E-state index contributed by atoms with van der Waals surface area (Å²) in [4.78, 5) is 28.7. The van der Waals surface area contributed by atoms with E-state index >= 15 is 0 Å². The third-order valence-corrected chi connectivity index (χ3v) is 6.83. The minimum absolute atomic E-state index is 0.00550. The van der Waals surface area contributed by atoms with Crippen molar-refractivity contribution in [1.82, 2.24) is 0 Å². The Morgan fingerprint density at radius 2 is 1.69 bits per heavy atom. The third kappa shape index (κ3) is 5.70. The quantitative estimate of drug-likeness (QED) is 0.204. The molecule has 1 saturated heterocycles. The van der Waals surface area contributed by atoms with Crippen LogP contribution in [0.3, 0.4) is 0 Å². The number of hydrogen-bond donors (Lipinski definition) is 1. The number of aliphatic hydroxyl groups excluding tert-OH is 1. The second-order valence-electron chi connectivity index (χ2n) is 11.4. The molecule has 1 amide bonds. The Labute approximate surface area is 230 Å². The van der Waals surface area contributed by atoms with Crippen molar-refractivity contribution in [2.45, 2.75) is 53.0 Å². The van der Waals surface area contributed by atoms with E-state index in [0.717, 1.165) is 11.1 Å². The van der Waals surface area contributed by atoms with Gasteiger partial charge in [0.25, 0.3) is 11.7 Å². The van der Waals surface area contributed by atoms with Crippen LogP contribution in [-0.4, -0.2) is 30.5 Å². The summed E-state index contributed by atoms with van der Waals surface area (Å²) in [7, 11) is 1.51. The molecule has 6 nitrogen and oxygen atoms in total. The van der Waals surface area contributed by atoms with Crippen LogP contribution in [0, 0.1) is 12.8 Å². The highest BCUT2D eigenvalue weighted by atomic mass is 16.5. The van der Waals surface area contributed by atoms with Crippen molar-refractivity contribution in [1.29, 1.82) is 0 Å². The fourth-order valence-corrected chi connectivity index (χ4v) is 4.66. The predicted octanol–water partition coefficient (Wildman–Crippen LogP) is 6.96. The summed E-state index contributed by atoms with van der Waals surface area (Å²) < 4.78 is 11.5. The summed E-state index contributed by atoms with van der Waals surface area (Å²) in [5.41, 5.74) is 3.36. The molecule has 0 bridgehead atoms. The first-order valence-corrected chi connectivity index (χ1v) is 13.2. The predicted molar refractivity (Wildman–Crippen MR) is 154 cm³/mol. The number of methoxy groups -OCH3 is 1. The average Bonchev–Trinajstić information content (AvgIpc) is 3.17. The lowest BCUT2D eigenvalue weighted by molar-refractivity contribution is -0.132. The molecule has 1 fully saturated rings. The van der Waals surface area contributed by atoms with Crippen molar-refractivity contribution < 1.29 is 24.2 Å². The number of Topliss-reactive ketones (excluding diaryl/α,β-unsaturated/α-hetero) is 1. The van der Waals surface area contributed by atoms with Crippen LogP contribution in [-0.2, 0) is 15.0 Å². The highest BCUT2D eigenvalue weighted by molar-refractivity contribution is 6.51. The van der Waals surface area contributed by atoms with Gasteiger partial charge in [-0.25, -0.2) is 0 Å². The number of amides is 1. The molecule has 1 aliphatic rings. The van der Waals surface area contributed by atoms with Gasteiger partial charge >= 0.3 is 0 Å². The first-order chi connectivity index (χ1) is 18.4. The Bertz CT molecular complexity index is 1410. The van der Waals surface area contributed by atoms with Crippen molar-refractivity contribution in [3.05, 3.63) is 94.6 Å². The van der Waals surface area contributed by atoms with Crippen molar-refractivity contribution in [3.63, 3.8) is 0 Å². The van der Waals surface area contributed by atoms with Gasteiger partial charge in [-0.2, -0.15) is 0 Å². The van der Waals surface area contributed by atoms with Crippen molar-refractivity contribution in [2.24, 2.45) is 5.92 Å². The Kier molecular flexibility index (Phi) is 7.86. The zero-order valence-electron chi connectivity index (χ0n) is 23.7. The van der Waals surface area contributed by atoms with Crippen molar-refractivity contribution >= 4 is 23.1 Å². The molecule has 0 saturated carbocycles. The Morgan fingerprint density at radius 3 is 2.31 bits per heavy atom. The van der Waals surface area contributed by atoms with E-state index in [1.54, 1.807) is 6.07 Å². The monoisotopic (exact) mass is 527 g/mol. The lowest BCUT2D eigenvalue weighted by Gasteiger charge is -2.26. The number of rotatable bonds is 7. The highest BCUT2D eigenvalue weighted by Gasteiger charge is 2.47. The SMILES string of the molecule is COc1ccc(C(C)(C)C)cc1/C(O)=C1\C(=O)C(=O)N(c2ccc(C)cc2)C1c1cccc(OCC(C)C)c1. The molecule has 3 aromatic carbocycles. The van der Waals surface area contributed by atoms with E-state index in [4.69, 9.17) is 9.47 Å². The average molecular weight is 528 g/mol. The fourth-order valence-electron chi connectivity index (χ4n) is 4.66. The Balaban J connectivity index is 1.96. The number of ether oxygens (including phenoxy) is 2. The number of nitrogens with zero attached hydrogens (tertiary/aromatic N) is 1. The van der Waals surface area contributed by atoms with Gasteiger partial charge in [0.1, 0.15) is 17.3 Å². The van der Waals surface area contributed by atoms with Crippen LogP contribution in [0.1, 0.15) is 62.9 Å². The Hall–Kier alpha value is -4.06. The normalized spacial score (nSPS) is 17.1. The molecule has 0 aromatic heterocycles. The fraction of sp³-hybridized carbons (Fsp3) is 0.333. The molecule has 0 aliphatic carbocycles. The van der Waals surface area contributed by atoms with E-state index in [9.17, 15) is 14.7 Å². The molecule has 0 spiro atoms. The largest absolute Gasteiger partial charge is 0.507 e. The number of aliphatic hydroxyl groups is 1. The maximum Gasteiger partial charge on any atom is 0.300 e. The summed E-state index contributed by atoms with van der Waals surface area (Å²) in [5, 5.41) is 11.8. The Morgan fingerprint density at radius 1 is 1.00 bits per heavy atom. The number of carbonyl (C=O) groups is 2. The topological polar surface area (TPSA) is 76.1 Å². The number of carbonyl (C=O) groups excluding carboxylic acids is 2. The molecule has 1 atom stereocenters. The number of anilines is 1. The zero-order valence-corrected chi connectivity index (χ0v) is 23.7. The first kappa shape index (κ1) is 28.0. The molecule has 1 aliphatic heterocycles. The maximum absolute atomic E-state index is 13.7. The van der Waals surface area contributed by atoms with Gasteiger partial charge in [0.15, 0.2) is 0 Å². The highest BCUT2D eigenvalue weighted by Crippen LogP contribution is 2.44. The summed E-state index contributed by atoms with van der Waals surface area (Å²) in [6, 6.07) is 19.4. The van der Waals surface area contributed by atoms with E-state index in [2.05, 4.69) is 34.6 Å². The number of hydrogen-bond acceptors (Lipinski definition) is 5. The molecule has 1 heterocycles. The lowest BCUT2D eigenvalue weighted by Crippen LogP contribution is -2.29. The van der Waals surface area contributed by atoms with Crippen LogP contribution in [0.25, 0.3) is 5.76 Å². The van der Waals surface area contributed by atoms with Crippen molar-refractivity contribution in [3.8, 4) is 11.5 Å². The van der Waals surface area contributed by atoms with Gasteiger partial charge in [-0.05, 0) is 65.8 Å². The molecular weight excluding hydrogens is 490 g/mol. The lowest BCUT2D eigenvalue weighted by atomic mass is 9.85. The van der Waals surface area contributed by atoms with E-state index < -0.39 is 17.7 Å². The van der Waals surface area contributed by atoms with Crippen molar-refractivity contribution in [2.75, 3.05) is 18.6 Å². The zero-order chi connectivity index (χ0) is 28.5. The van der Waals surface area contributed by atoms with Crippen LogP contribution >= 0.6 is 0 Å². The minimum atomic E-state index is -0.863. The van der Waals surface area contributed by atoms with E-state index in [1.807, 2.05) is 67.6 Å². The van der Waals surface area contributed by atoms with E-state index in [0.29, 0.717) is 40.8 Å². The minimum Gasteiger partial charge on any atom is -0.507 e. The third-order valence-electron chi connectivity index (χ3n) is 6.83. The molecule has 1 unspecified atom stereocenters. The number of aryl methyl sites for hydroxylation is 1. The van der Waals surface area contributed by atoms with Gasteiger partial charge in [-0.15, -0.1) is 0 Å². The summed E-state index contributed by atoms with van der Waals surface area (Å²) in [6.07, 6.45) is 0. The molecule has 3 aromatic rings. The molecule has 39 heavy (non-hydrogen) atoms. The van der Waals surface area contributed by atoms with Gasteiger partial charge in [0.2, 0.25) is 0 Å². The van der Waals surface area contributed by atoms with Gasteiger partial charge in [0, 0.05) is 5.69 Å². The molecule has 6 heteroatoms. The number of benzene rings is 3. The van der Waals surface area contributed by atoms with Gasteiger partial charge in [0.05, 0.1) is 30.9 Å². The standard InChI is InChI=1S/C33H37NO5/c1-20(2)19-39-25-10-8-9-22(17-25)29-28(31(36)32(37)34(29)24-14-11-21(3)12-15-24)30(35)26-18-23(33(4,5)6)13-16-27(26)38-7/h8-18,20,29,35H,19H2,1-7H3/b30-28+. The van der Waals surface area contributed by atoms with Crippen LogP contribution in [0.15, 0.2) is 72.3 Å². The second kappa shape index (κ2) is 11.0. The van der Waals surface area contributed by atoms with Crippen LogP contribution in [0.4, 0.5) is 5.69 Å². The van der Waals surface area contributed by atoms with Crippen LogP contribution in [0.5, 0.6) is 11.5 Å². The number of ketones is 1. The summed E-state index contributed by atoms with van der Waals surface area (Å²) in [6.45, 7) is 12.8. The van der Waals surface area contributed by atoms with Crippen LogP contribution < -0.4 is 14.4 Å². The van der Waals surface area contributed by atoms with Crippen LogP contribution in [0.2, 0.25) is 0 Å².